The maximum absolute atomic E-state index is 4.73. The SMILES string of the molecule is CC1CSC(=NCC2(C)CCC2)NC1C. The predicted octanol–water partition coefficient (Wildman–Crippen LogP) is 2.89. The number of nitrogens with zero attached hydrogens (tertiary/aromatic N) is 1. The molecule has 1 saturated heterocycles. The molecule has 0 radical (unpaired) electrons. The summed E-state index contributed by atoms with van der Waals surface area (Å²) in [5, 5.41) is 4.67. The van der Waals surface area contributed by atoms with Crippen LogP contribution >= 0.6 is 11.8 Å². The zero-order valence-electron chi connectivity index (χ0n) is 10.0. The van der Waals surface area contributed by atoms with E-state index < -0.39 is 0 Å². The summed E-state index contributed by atoms with van der Waals surface area (Å²) in [6, 6.07) is 0.583. The second-order valence-corrected chi connectivity index (χ2v) is 6.52. The van der Waals surface area contributed by atoms with Gasteiger partial charge in [0.05, 0.1) is 0 Å². The Morgan fingerprint density at radius 1 is 1.47 bits per heavy atom. The van der Waals surface area contributed by atoms with E-state index in [4.69, 9.17) is 4.99 Å². The van der Waals surface area contributed by atoms with Crippen LogP contribution in [0.4, 0.5) is 0 Å². The Kier molecular flexibility index (Phi) is 3.29. The van der Waals surface area contributed by atoms with Crippen LogP contribution in [-0.4, -0.2) is 23.5 Å². The van der Waals surface area contributed by atoms with Gasteiger partial charge in [-0.15, -0.1) is 0 Å². The minimum Gasteiger partial charge on any atom is -0.362 e. The van der Waals surface area contributed by atoms with E-state index in [9.17, 15) is 0 Å². The number of amidine groups is 1. The summed E-state index contributed by atoms with van der Waals surface area (Å²) in [6.45, 7) is 7.93. The van der Waals surface area contributed by atoms with Crippen LogP contribution in [0.1, 0.15) is 40.0 Å². The maximum atomic E-state index is 4.73. The van der Waals surface area contributed by atoms with Crippen molar-refractivity contribution in [3.8, 4) is 0 Å². The largest absolute Gasteiger partial charge is 0.362 e. The molecule has 0 aromatic rings. The van der Waals surface area contributed by atoms with E-state index in [-0.39, 0.29) is 0 Å². The topological polar surface area (TPSA) is 24.4 Å². The van der Waals surface area contributed by atoms with Gasteiger partial charge in [-0.05, 0) is 31.1 Å². The van der Waals surface area contributed by atoms with Crippen molar-refractivity contribution in [1.82, 2.24) is 5.32 Å². The summed E-state index contributed by atoms with van der Waals surface area (Å²) in [5.41, 5.74) is 0.515. The summed E-state index contributed by atoms with van der Waals surface area (Å²) in [4.78, 5) is 4.73. The molecule has 86 valence electrons. The van der Waals surface area contributed by atoms with Gasteiger partial charge in [-0.2, -0.15) is 0 Å². The quantitative estimate of drug-likeness (QED) is 0.783. The van der Waals surface area contributed by atoms with Crippen LogP contribution in [0.2, 0.25) is 0 Å². The average Bonchev–Trinajstić information content (AvgIpc) is 2.17. The van der Waals surface area contributed by atoms with E-state index in [1.165, 1.54) is 30.2 Å². The second kappa shape index (κ2) is 4.36. The van der Waals surface area contributed by atoms with E-state index >= 15 is 0 Å². The van der Waals surface area contributed by atoms with Crippen LogP contribution in [0.3, 0.4) is 0 Å². The Balaban J connectivity index is 1.85. The maximum Gasteiger partial charge on any atom is 0.156 e. The molecule has 15 heavy (non-hydrogen) atoms. The lowest BCUT2D eigenvalue weighted by atomic mass is 9.71. The van der Waals surface area contributed by atoms with Crippen LogP contribution in [0.5, 0.6) is 0 Å². The minimum atomic E-state index is 0.515. The van der Waals surface area contributed by atoms with Crippen molar-refractivity contribution in [2.45, 2.75) is 46.1 Å². The van der Waals surface area contributed by atoms with E-state index in [2.05, 4.69) is 26.1 Å². The lowest BCUT2D eigenvalue weighted by Gasteiger charge is -2.37. The van der Waals surface area contributed by atoms with Crippen LogP contribution in [0, 0.1) is 11.3 Å². The Labute approximate surface area is 97.3 Å². The van der Waals surface area contributed by atoms with Crippen LogP contribution in [0.15, 0.2) is 4.99 Å². The summed E-state index contributed by atoms with van der Waals surface area (Å²) < 4.78 is 0. The highest BCUT2D eigenvalue weighted by Crippen LogP contribution is 2.40. The molecule has 1 heterocycles. The van der Waals surface area contributed by atoms with Crippen molar-refractivity contribution in [3.63, 3.8) is 0 Å². The Morgan fingerprint density at radius 2 is 2.20 bits per heavy atom. The zero-order chi connectivity index (χ0) is 10.9. The standard InChI is InChI=1S/C12H22N2S/c1-9-7-15-11(14-10(9)2)13-8-12(3)5-4-6-12/h9-10H,4-8H2,1-3H3,(H,13,14). The molecule has 1 N–H and O–H groups in total. The molecule has 0 amide bonds. The highest BCUT2D eigenvalue weighted by Gasteiger charge is 2.31. The molecule has 1 aliphatic heterocycles. The number of hydrogen-bond donors (Lipinski definition) is 1. The summed E-state index contributed by atoms with van der Waals surface area (Å²) >= 11 is 1.89. The molecular formula is C12H22N2S. The smallest absolute Gasteiger partial charge is 0.156 e. The molecule has 0 bridgehead atoms. The van der Waals surface area contributed by atoms with Gasteiger partial charge < -0.3 is 5.32 Å². The third kappa shape index (κ3) is 2.68. The number of hydrogen-bond acceptors (Lipinski definition) is 2. The van der Waals surface area contributed by atoms with Crippen molar-refractivity contribution in [1.29, 1.82) is 0 Å². The Hall–Kier alpha value is -0.180. The fraction of sp³-hybridized carbons (Fsp3) is 0.917. The molecule has 0 aromatic carbocycles. The first-order chi connectivity index (χ1) is 7.09. The highest BCUT2D eigenvalue weighted by molar-refractivity contribution is 8.13. The molecule has 2 aliphatic rings. The van der Waals surface area contributed by atoms with Crippen LogP contribution < -0.4 is 5.32 Å². The van der Waals surface area contributed by atoms with Crippen molar-refractivity contribution >= 4 is 16.9 Å². The Morgan fingerprint density at radius 3 is 2.73 bits per heavy atom. The molecule has 1 saturated carbocycles. The van der Waals surface area contributed by atoms with Crippen molar-refractivity contribution in [2.75, 3.05) is 12.3 Å². The first-order valence-electron chi connectivity index (χ1n) is 6.03. The number of nitrogens with one attached hydrogen (secondary N) is 1. The number of rotatable bonds is 2. The fourth-order valence-electron chi connectivity index (χ4n) is 2.03. The first kappa shape index (κ1) is 11.3. The highest BCUT2D eigenvalue weighted by atomic mass is 32.2. The molecular weight excluding hydrogens is 204 g/mol. The minimum absolute atomic E-state index is 0.515. The molecule has 2 unspecified atom stereocenters. The molecule has 2 atom stereocenters. The van der Waals surface area contributed by atoms with Gasteiger partial charge in [0.1, 0.15) is 0 Å². The molecule has 1 aliphatic carbocycles. The number of aliphatic imine (C=N–C) groups is 1. The fourth-order valence-corrected chi connectivity index (χ4v) is 3.16. The van der Waals surface area contributed by atoms with Crippen LogP contribution in [-0.2, 0) is 0 Å². The lowest BCUT2D eigenvalue weighted by Crippen LogP contribution is -2.42. The predicted molar refractivity (Wildman–Crippen MR) is 68.5 cm³/mol. The van der Waals surface area contributed by atoms with E-state index in [1.807, 2.05) is 11.8 Å². The van der Waals surface area contributed by atoms with E-state index in [0.717, 1.165) is 12.5 Å². The summed E-state index contributed by atoms with van der Waals surface area (Å²) in [6.07, 6.45) is 4.12. The number of thioether (sulfide) groups is 1. The van der Waals surface area contributed by atoms with Crippen molar-refractivity contribution in [2.24, 2.45) is 16.3 Å². The first-order valence-corrected chi connectivity index (χ1v) is 7.01. The third-order valence-corrected chi connectivity index (χ3v) is 5.07. The van der Waals surface area contributed by atoms with Crippen LogP contribution in [0.25, 0.3) is 0 Å². The van der Waals surface area contributed by atoms with Gasteiger partial charge in [0, 0.05) is 18.3 Å². The third-order valence-electron chi connectivity index (χ3n) is 3.85. The summed E-state index contributed by atoms with van der Waals surface area (Å²) in [5.74, 6) is 1.97. The van der Waals surface area contributed by atoms with Crippen molar-refractivity contribution < 1.29 is 0 Å². The normalized spacial score (nSPS) is 37.1. The van der Waals surface area contributed by atoms with Gasteiger partial charge in [-0.1, -0.05) is 32.0 Å². The molecule has 2 fully saturated rings. The van der Waals surface area contributed by atoms with Gasteiger partial charge in [0.2, 0.25) is 0 Å². The zero-order valence-corrected chi connectivity index (χ0v) is 10.9. The molecule has 0 aromatic heterocycles. The monoisotopic (exact) mass is 226 g/mol. The van der Waals surface area contributed by atoms with E-state index in [0.29, 0.717) is 11.5 Å². The molecule has 0 spiro atoms. The van der Waals surface area contributed by atoms with Gasteiger partial charge in [0.15, 0.2) is 5.17 Å². The van der Waals surface area contributed by atoms with Gasteiger partial charge in [0.25, 0.3) is 0 Å². The van der Waals surface area contributed by atoms with Crippen molar-refractivity contribution in [3.05, 3.63) is 0 Å². The van der Waals surface area contributed by atoms with Gasteiger partial charge in [-0.25, -0.2) is 0 Å². The molecule has 2 nitrogen and oxygen atoms in total. The Bertz CT molecular complexity index is 258. The van der Waals surface area contributed by atoms with E-state index in [1.54, 1.807) is 0 Å². The lowest BCUT2D eigenvalue weighted by molar-refractivity contribution is 0.174. The average molecular weight is 226 g/mol. The molecule has 2 rings (SSSR count). The second-order valence-electron chi connectivity index (χ2n) is 5.51. The summed E-state index contributed by atoms with van der Waals surface area (Å²) in [7, 11) is 0. The van der Waals surface area contributed by atoms with Gasteiger partial charge >= 0.3 is 0 Å². The van der Waals surface area contributed by atoms with Gasteiger partial charge in [-0.3, -0.25) is 4.99 Å². The molecule has 3 heteroatoms.